The second-order valence-electron chi connectivity index (χ2n) is 8.03. The first-order valence-electron chi connectivity index (χ1n) is 11.2. The molecular weight excluding hydrogens is 615 g/mol. The van der Waals surface area contributed by atoms with E-state index >= 15 is 0 Å². The van der Waals surface area contributed by atoms with Crippen molar-refractivity contribution in [1.29, 1.82) is 0 Å². The SMILES string of the molecule is COC(=O)CN1C(=S)N(c2ccc(OC)cc2)C(=O)/C1=C/c1ccc(OCc2ccc(Cl)cc2Cl)c(Br)c1. The van der Waals surface area contributed by atoms with E-state index in [9.17, 15) is 9.59 Å². The average Bonchev–Trinajstić information content (AvgIpc) is 3.12. The Morgan fingerprint density at radius 2 is 1.79 bits per heavy atom. The van der Waals surface area contributed by atoms with Crippen LogP contribution in [0.3, 0.4) is 0 Å². The number of carbonyl (C=O) groups excluding carboxylic acids is 2. The molecule has 0 atom stereocenters. The number of ether oxygens (including phenoxy) is 3. The molecule has 0 radical (unpaired) electrons. The standard InChI is InChI=1S/C27H21BrCl2N2O5S/c1-35-20-8-6-19(7-9-20)32-26(34)23(31(27(32)38)14-25(33)36-2)12-16-3-10-24(21(28)11-16)37-15-17-4-5-18(29)13-22(17)30/h3-13H,14-15H2,1-2H3/b23-12-. The van der Waals surface area contributed by atoms with Crippen LogP contribution in [0, 0.1) is 0 Å². The van der Waals surface area contributed by atoms with Gasteiger partial charge in [0.05, 0.1) is 24.4 Å². The van der Waals surface area contributed by atoms with E-state index in [0.29, 0.717) is 37.3 Å². The van der Waals surface area contributed by atoms with Gasteiger partial charge >= 0.3 is 5.97 Å². The number of hydrogen-bond acceptors (Lipinski definition) is 6. The van der Waals surface area contributed by atoms with Crippen molar-refractivity contribution in [3.05, 3.63) is 92.0 Å². The van der Waals surface area contributed by atoms with Crippen LogP contribution in [0.15, 0.2) is 70.8 Å². The minimum Gasteiger partial charge on any atom is -0.497 e. The lowest BCUT2D eigenvalue weighted by molar-refractivity contribution is -0.140. The normalized spacial score (nSPS) is 14.3. The lowest BCUT2D eigenvalue weighted by Gasteiger charge is -2.19. The maximum absolute atomic E-state index is 13.5. The molecule has 3 aromatic rings. The number of hydrogen-bond donors (Lipinski definition) is 0. The predicted octanol–water partition coefficient (Wildman–Crippen LogP) is 6.49. The van der Waals surface area contributed by atoms with Gasteiger partial charge in [-0.1, -0.05) is 35.3 Å². The van der Waals surface area contributed by atoms with Crippen LogP contribution in [-0.2, 0) is 20.9 Å². The van der Waals surface area contributed by atoms with Crippen LogP contribution in [0.1, 0.15) is 11.1 Å². The number of carbonyl (C=O) groups is 2. The summed E-state index contributed by atoms with van der Waals surface area (Å²) in [6.45, 7) is 0.0231. The fourth-order valence-electron chi connectivity index (χ4n) is 3.66. The van der Waals surface area contributed by atoms with Crippen LogP contribution in [-0.4, -0.2) is 42.7 Å². The summed E-state index contributed by atoms with van der Waals surface area (Å²) in [5.74, 6) is 0.308. The Kier molecular flexibility index (Phi) is 8.94. The maximum atomic E-state index is 13.5. The molecule has 11 heteroatoms. The largest absolute Gasteiger partial charge is 0.497 e. The van der Waals surface area contributed by atoms with E-state index < -0.39 is 5.97 Å². The molecule has 3 aromatic carbocycles. The van der Waals surface area contributed by atoms with E-state index in [1.54, 1.807) is 73.8 Å². The lowest BCUT2D eigenvalue weighted by Crippen LogP contribution is -2.35. The van der Waals surface area contributed by atoms with Crippen LogP contribution >= 0.6 is 51.3 Å². The van der Waals surface area contributed by atoms with Crippen molar-refractivity contribution in [3.8, 4) is 11.5 Å². The van der Waals surface area contributed by atoms with Crippen LogP contribution in [0.25, 0.3) is 6.08 Å². The second-order valence-corrected chi connectivity index (χ2v) is 10.1. The van der Waals surface area contributed by atoms with Crippen molar-refractivity contribution >= 4 is 80.1 Å². The smallest absolute Gasteiger partial charge is 0.325 e. The Morgan fingerprint density at radius 3 is 2.42 bits per heavy atom. The Bertz CT molecular complexity index is 1430. The van der Waals surface area contributed by atoms with Gasteiger partial charge in [0, 0.05) is 15.6 Å². The number of benzene rings is 3. The molecule has 0 aliphatic carbocycles. The fraction of sp³-hybridized carbons (Fsp3) is 0.148. The number of amides is 1. The third-order valence-corrected chi connectivity index (χ3v) is 7.25. The summed E-state index contributed by atoms with van der Waals surface area (Å²) in [6.07, 6.45) is 1.66. The number of rotatable bonds is 8. The van der Waals surface area contributed by atoms with E-state index in [-0.39, 0.29) is 29.9 Å². The van der Waals surface area contributed by atoms with E-state index in [1.165, 1.54) is 16.9 Å². The molecule has 4 rings (SSSR count). The quantitative estimate of drug-likeness (QED) is 0.159. The number of methoxy groups -OCH3 is 2. The van der Waals surface area contributed by atoms with Gasteiger partial charge in [-0.3, -0.25) is 14.5 Å². The molecule has 0 unspecified atom stereocenters. The second kappa shape index (κ2) is 12.2. The summed E-state index contributed by atoms with van der Waals surface area (Å²) in [5.41, 5.74) is 2.25. The minimum atomic E-state index is -0.534. The number of thiocarbonyl (C=S) groups is 1. The molecule has 0 spiro atoms. The molecule has 196 valence electrons. The summed E-state index contributed by atoms with van der Waals surface area (Å²) < 4.78 is 16.6. The number of anilines is 1. The Labute approximate surface area is 243 Å². The summed E-state index contributed by atoms with van der Waals surface area (Å²) in [6, 6.07) is 17.5. The van der Waals surface area contributed by atoms with E-state index in [4.69, 9.17) is 49.6 Å². The molecule has 1 amide bonds. The highest BCUT2D eigenvalue weighted by atomic mass is 79.9. The molecule has 0 aromatic heterocycles. The lowest BCUT2D eigenvalue weighted by atomic mass is 10.1. The Hall–Kier alpha value is -3.11. The maximum Gasteiger partial charge on any atom is 0.325 e. The number of esters is 1. The van der Waals surface area contributed by atoms with Crippen molar-refractivity contribution < 1.29 is 23.8 Å². The highest BCUT2D eigenvalue weighted by Crippen LogP contribution is 2.33. The zero-order valence-corrected chi connectivity index (χ0v) is 24.2. The van der Waals surface area contributed by atoms with E-state index in [2.05, 4.69) is 15.9 Å². The monoisotopic (exact) mass is 634 g/mol. The van der Waals surface area contributed by atoms with Gasteiger partial charge in [-0.15, -0.1) is 0 Å². The first-order chi connectivity index (χ1) is 18.2. The third-order valence-electron chi connectivity index (χ3n) is 5.64. The summed E-state index contributed by atoms with van der Waals surface area (Å²) in [4.78, 5) is 28.5. The predicted molar refractivity (Wildman–Crippen MR) is 155 cm³/mol. The Morgan fingerprint density at radius 1 is 1.05 bits per heavy atom. The average molecular weight is 636 g/mol. The molecule has 1 heterocycles. The highest BCUT2D eigenvalue weighted by Gasteiger charge is 2.40. The van der Waals surface area contributed by atoms with Gasteiger partial charge in [-0.2, -0.15) is 0 Å². The van der Waals surface area contributed by atoms with Crippen molar-refractivity contribution in [3.63, 3.8) is 0 Å². The molecule has 7 nitrogen and oxygen atoms in total. The fourth-order valence-corrected chi connectivity index (χ4v) is 4.99. The van der Waals surface area contributed by atoms with Gasteiger partial charge in [-0.05, 0) is 88.3 Å². The topological polar surface area (TPSA) is 68.3 Å². The first kappa shape index (κ1) is 27.9. The molecule has 0 N–H and O–H groups in total. The van der Waals surface area contributed by atoms with Crippen LogP contribution in [0.4, 0.5) is 5.69 Å². The van der Waals surface area contributed by atoms with Gasteiger partial charge in [0.1, 0.15) is 30.3 Å². The van der Waals surface area contributed by atoms with Crippen LogP contribution < -0.4 is 14.4 Å². The van der Waals surface area contributed by atoms with Gasteiger partial charge in [0.2, 0.25) is 0 Å². The number of nitrogens with zero attached hydrogens (tertiary/aromatic N) is 2. The van der Waals surface area contributed by atoms with Gasteiger partial charge in [0.25, 0.3) is 5.91 Å². The number of halogens is 3. The van der Waals surface area contributed by atoms with Crippen molar-refractivity contribution in [2.75, 3.05) is 25.7 Å². The zero-order valence-electron chi connectivity index (χ0n) is 20.2. The molecular formula is C27H21BrCl2N2O5S. The summed E-state index contributed by atoms with van der Waals surface area (Å²) in [7, 11) is 2.84. The van der Waals surface area contributed by atoms with E-state index in [0.717, 1.165) is 5.56 Å². The Balaban J connectivity index is 1.61. The first-order valence-corrected chi connectivity index (χ1v) is 13.1. The molecule has 0 bridgehead atoms. The molecule has 1 fully saturated rings. The zero-order chi connectivity index (χ0) is 27.4. The van der Waals surface area contributed by atoms with Crippen molar-refractivity contribution in [1.82, 2.24) is 4.90 Å². The van der Waals surface area contributed by atoms with Gasteiger partial charge in [-0.25, -0.2) is 0 Å². The molecule has 0 saturated carbocycles. The van der Waals surface area contributed by atoms with Gasteiger partial charge in [0.15, 0.2) is 5.11 Å². The summed E-state index contributed by atoms with van der Waals surface area (Å²) >= 11 is 21.3. The van der Waals surface area contributed by atoms with Crippen molar-refractivity contribution in [2.24, 2.45) is 0 Å². The van der Waals surface area contributed by atoms with Crippen molar-refractivity contribution in [2.45, 2.75) is 6.61 Å². The minimum absolute atomic E-state index is 0.163. The molecule has 38 heavy (non-hydrogen) atoms. The van der Waals surface area contributed by atoms with Gasteiger partial charge < -0.3 is 19.1 Å². The van der Waals surface area contributed by atoms with Crippen LogP contribution in [0.5, 0.6) is 11.5 Å². The molecule has 1 saturated heterocycles. The molecule has 1 aliphatic heterocycles. The highest BCUT2D eigenvalue weighted by molar-refractivity contribution is 9.10. The molecule has 1 aliphatic rings. The third kappa shape index (κ3) is 6.13. The summed E-state index contributed by atoms with van der Waals surface area (Å²) in [5, 5.41) is 1.22. The van der Waals surface area contributed by atoms with E-state index in [1.807, 2.05) is 0 Å². The van der Waals surface area contributed by atoms with Crippen LogP contribution in [0.2, 0.25) is 10.0 Å².